The Labute approximate surface area is 100 Å². The highest BCUT2D eigenvalue weighted by Gasteiger charge is 2.12. The number of imidazole rings is 1. The summed E-state index contributed by atoms with van der Waals surface area (Å²) in [5, 5.41) is 2.42. The zero-order chi connectivity index (χ0) is 12.6. The SMILES string of the molecule is CNC(=O)Cn1c(=S)[nH]c2c(F)cc(F)cc21. The van der Waals surface area contributed by atoms with Crippen molar-refractivity contribution in [2.75, 3.05) is 7.05 Å². The van der Waals surface area contributed by atoms with Crippen molar-refractivity contribution in [3.05, 3.63) is 28.5 Å². The van der Waals surface area contributed by atoms with E-state index >= 15 is 0 Å². The maximum atomic E-state index is 13.4. The van der Waals surface area contributed by atoms with Gasteiger partial charge in [-0.3, -0.25) is 4.79 Å². The second kappa shape index (κ2) is 4.25. The molecule has 0 aliphatic carbocycles. The third kappa shape index (κ3) is 2.05. The van der Waals surface area contributed by atoms with Crippen LogP contribution in [0.25, 0.3) is 11.0 Å². The van der Waals surface area contributed by atoms with Crippen LogP contribution in [0, 0.1) is 16.4 Å². The third-order valence-electron chi connectivity index (χ3n) is 2.38. The number of amides is 1. The van der Waals surface area contributed by atoms with E-state index in [1.807, 2.05) is 0 Å². The number of H-pyrrole nitrogens is 1. The summed E-state index contributed by atoms with van der Waals surface area (Å²) in [4.78, 5) is 13.9. The molecule has 0 bridgehead atoms. The first-order valence-corrected chi connectivity index (χ1v) is 5.22. The van der Waals surface area contributed by atoms with Gasteiger partial charge in [0.05, 0.1) is 5.52 Å². The summed E-state index contributed by atoms with van der Waals surface area (Å²) in [7, 11) is 1.47. The number of carbonyl (C=O) groups excluding carboxylic acids is 1. The number of rotatable bonds is 2. The first-order chi connectivity index (χ1) is 8.02. The molecule has 1 heterocycles. The Morgan fingerprint density at radius 3 is 2.88 bits per heavy atom. The highest BCUT2D eigenvalue weighted by molar-refractivity contribution is 7.71. The van der Waals surface area contributed by atoms with Crippen LogP contribution in [0.4, 0.5) is 8.78 Å². The maximum absolute atomic E-state index is 13.4. The molecule has 0 unspecified atom stereocenters. The minimum Gasteiger partial charge on any atom is -0.358 e. The fourth-order valence-corrected chi connectivity index (χ4v) is 1.83. The molecule has 2 rings (SSSR count). The van der Waals surface area contributed by atoms with E-state index in [0.717, 1.165) is 12.1 Å². The molecule has 17 heavy (non-hydrogen) atoms. The lowest BCUT2D eigenvalue weighted by atomic mass is 10.3. The second-order valence-corrected chi connectivity index (χ2v) is 3.86. The predicted molar refractivity (Wildman–Crippen MR) is 61.1 cm³/mol. The van der Waals surface area contributed by atoms with Crippen LogP contribution >= 0.6 is 12.2 Å². The number of carbonyl (C=O) groups is 1. The minimum absolute atomic E-state index is 0.0851. The van der Waals surface area contributed by atoms with Crippen molar-refractivity contribution in [3.63, 3.8) is 0 Å². The highest BCUT2D eigenvalue weighted by Crippen LogP contribution is 2.19. The lowest BCUT2D eigenvalue weighted by molar-refractivity contribution is -0.121. The fraction of sp³-hybridized carbons (Fsp3) is 0.200. The Hall–Kier alpha value is -1.76. The summed E-state index contributed by atoms with van der Waals surface area (Å²) in [6.07, 6.45) is 0. The number of aromatic nitrogens is 2. The number of halogens is 2. The van der Waals surface area contributed by atoms with Gasteiger partial charge in [0.1, 0.15) is 17.9 Å². The molecule has 1 aromatic carbocycles. The van der Waals surface area contributed by atoms with Gasteiger partial charge < -0.3 is 14.9 Å². The molecule has 2 aromatic rings. The summed E-state index contributed by atoms with van der Waals surface area (Å²) in [6, 6.07) is 1.89. The van der Waals surface area contributed by atoms with Gasteiger partial charge in [0.15, 0.2) is 10.6 Å². The van der Waals surface area contributed by atoms with Gasteiger partial charge in [0.2, 0.25) is 5.91 Å². The average Bonchev–Trinajstić information content (AvgIpc) is 2.57. The zero-order valence-corrected chi connectivity index (χ0v) is 9.70. The molecular formula is C10H9F2N3OS. The summed E-state index contributed by atoms with van der Waals surface area (Å²) >= 11 is 4.96. The molecule has 0 fully saturated rings. The minimum atomic E-state index is -0.734. The number of hydrogen-bond donors (Lipinski definition) is 2. The Morgan fingerprint density at radius 1 is 1.53 bits per heavy atom. The van der Waals surface area contributed by atoms with Crippen LogP contribution in [0.2, 0.25) is 0 Å². The number of aromatic amines is 1. The molecule has 1 aromatic heterocycles. The van der Waals surface area contributed by atoms with Crippen LogP contribution in [0.1, 0.15) is 0 Å². The van der Waals surface area contributed by atoms with Crippen molar-refractivity contribution in [2.24, 2.45) is 0 Å². The van der Waals surface area contributed by atoms with Crippen molar-refractivity contribution in [3.8, 4) is 0 Å². The van der Waals surface area contributed by atoms with Crippen LogP contribution in [0.15, 0.2) is 12.1 Å². The standard InChI is InChI=1S/C10H9F2N3OS/c1-13-8(16)4-15-7-3-5(11)2-6(12)9(7)14-10(15)17/h2-3H,4H2,1H3,(H,13,16)(H,14,17). The van der Waals surface area contributed by atoms with E-state index in [4.69, 9.17) is 12.2 Å². The average molecular weight is 257 g/mol. The monoisotopic (exact) mass is 257 g/mol. The molecule has 7 heteroatoms. The van der Waals surface area contributed by atoms with Crippen molar-refractivity contribution in [2.45, 2.75) is 6.54 Å². The number of benzene rings is 1. The number of fused-ring (bicyclic) bond motifs is 1. The maximum Gasteiger partial charge on any atom is 0.239 e. The van der Waals surface area contributed by atoms with Crippen molar-refractivity contribution >= 4 is 29.2 Å². The van der Waals surface area contributed by atoms with Gasteiger partial charge in [0.25, 0.3) is 0 Å². The van der Waals surface area contributed by atoms with E-state index in [0.29, 0.717) is 0 Å². The van der Waals surface area contributed by atoms with Crippen molar-refractivity contribution in [1.82, 2.24) is 14.9 Å². The summed E-state index contributed by atoms with van der Waals surface area (Å²) in [6.45, 7) is -0.0851. The van der Waals surface area contributed by atoms with Gasteiger partial charge in [-0.05, 0) is 18.3 Å². The summed E-state index contributed by atoms with van der Waals surface area (Å²) < 4.78 is 28.0. The van der Waals surface area contributed by atoms with Gasteiger partial charge in [-0.15, -0.1) is 0 Å². The quantitative estimate of drug-likeness (QED) is 0.805. The Kier molecular flexibility index (Phi) is 2.93. The van der Waals surface area contributed by atoms with E-state index < -0.39 is 11.6 Å². The first-order valence-electron chi connectivity index (χ1n) is 4.81. The normalized spacial score (nSPS) is 10.8. The van der Waals surface area contributed by atoms with Crippen LogP contribution in [-0.4, -0.2) is 22.5 Å². The van der Waals surface area contributed by atoms with E-state index in [-0.39, 0.29) is 28.3 Å². The van der Waals surface area contributed by atoms with Gasteiger partial charge in [-0.25, -0.2) is 8.78 Å². The van der Waals surface area contributed by atoms with Gasteiger partial charge in [0, 0.05) is 13.1 Å². The third-order valence-corrected chi connectivity index (χ3v) is 2.71. The van der Waals surface area contributed by atoms with Gasteiger partial charge >= 0.3 is 0 Å². The smallest absolute Gasteiger partial charge is 0.239 e. The Bertz CT molecular complexity index is 647. The number of likely N-dealkylation sites (N-methyl/N-ethyl adjacent to an activating group) is 1. The second-order valence-electron chi connectivity index (χ2n) is 3.47. The largest absolute Gasteiger partial charge is 0.358 e. The molecule has 0 atom stereocenters. The number of hydrogen-bond acceptors (Lipinski definition) is 2. The van der Waals surface area contributed by atoms with Crippen LogP contribution in [0.5, 0.6) is 0 Å². The molecule has 4 nitrogen and oxygen atoms in total. The molecule has 1 amide bonds. The zero-order valence-electron chi connectivity index (χ0n) is 8.88. The number of nitrogens with zero attached hydrogens (tertiary/aromatic N) is 1. The molecule has 0 saturated heterocycles. The summed E-state index contributed by atoms with van der Waals surface area (Å²) in [5.41, 5.74) is 0.330. The predicted octanol–water partition coefficient (Wildman–Crippen LogP) is 1.72. The van der Waals surface area contributed by atoms with E-state index in [1.54, 1.807) is 0 Å². The van der Waals surface area contributed by atoms with E-state index in [9.17, 15) is 13.6 Å². The number of nitrogens with one attached hydrogen (secondary N) is 2. The molecule has 90 valence electrons. The van der Waals surface area contributed by atoms with Crippen molar-refractivity contribution < 1.29 is 13.6 Å². The molecule has 0 spiro atoms. The van der Waals surface area contributed by atoms with Crippen LogP contribution < -0.4 is 5.32 Å². The van der Waals surface area contributed by atoms with Crippen molar-refractivity contribution in [1.29, 1.82) is 0 Å². The van der Waals surface area contributed by atoms with E-state index in [2.05, 4.69) is 10.3 Å². The van der Waals surface area contributed by atoms with Gasteiger partial charge in [-0.1, -0.05) is 0 Å². The van der Waals surface area contributed by atoms with Gasteiger partial charge in [-0.2, -0.15) is 0 Å². The molecule has 0 aliphatic rings. The molecular weight excluding hydrogens is 248 g/mol. The fourth-order valence-electron chi connectivity index (χ4n) is 1.56. The Morgan fingerprint density at radius 2 is 2.24 bits per heavy atom. The summed E-state index contributed by atoms with van der Waals surface area (Å²) in [5.74, 6) is -1.75. The lowest BCUT2D eigenvalue weighted by Crippen LogP contribution is -2.23. The van der Waals surface area contributed by atoms with Crippen LogP contribution in [0.3, 0.4) is 0 Å². The lowest BCUT2D eigenvalue weighted by Gasteiger charge is -2.03. The molecule has 0 saturated carbocycles. The van der Waals surface area contributed by atoms with E-state index in [1.165, 1.54) is 11.6 Å². The van der Waals surface area contributed by atoms with Crippen LogP contribution in [-0.2, 0) is 11.3 Å². The molecule has 2 N–H and O–H groups in total. The highest BCUT2D eigenvalue weighted by atomic mass is 32.1. The molecule has 0 aliphatic heterocycles. The Balaban J connectivity index is 2.66. The topological polar surface area (TPSA) is 49.8 Å². The molecule has 0 radical (unpaired) electrons. The first kappa shape index (κ1) is 11.7.